The summed E-state index contributed by atoms with van der Waals surface area (Å²) in [5.41, 5.74) is 1.77. The molecular formula is C12H8BrClO2S. The van der Waals surface area contributed by atoms with Crippen LogP contribution in [0.15, 0.2) is 28.7 Å². The Morgan fingerprint density at radius 1 is 1.35 bits per heavy atom. The Kier molecular flexibility index (Phi) is 3.56. The highest BCUT2D eigenvalue weighted by Crippen LogP contribution is 2.39. The van der Waals surface area contributed by atoms with Crippen molar-refractivity contribution in [3.63, 3.8) is 0 Å². The normalized spacial score (nSPS) is 10.5. The monoisotopic (exact) mass is 330 g/mol. The first-order chi connectivity index (χ1) is 8.00. The fourth-order valence-electron chi connectivity index (χ4n) is 1.67. The van der Waals surface area contributed by atoms with Gasteiger partial charge in [-0.1, -0.05) is 39.7 Å². The molecule has 2 aromatic rings. The van der Waals surface area contributed by atoms with E-state index in [1.54, 1.807) is 0 Å². The Morgan fingerprint density at radius 3 is 2.47 bits per heavy atom. The van der Waals surface area contributed by atoms with Gasteiger partial charge in [0.2, 0.25) is 0 Å². The second kappa shape index (κ2) is 4.80. The molecule has 0 aliphatic rings. The summed E-state index contributed by atoms with van der Waals surface area (Å²) < 4.78 is 1.28. The maximum Gasteiger partial charge on any atom is 0.338 e. The molecule has 0 saturated carbocycles. The fourth-order valence-corrected chi connectivity index (χ4v) is 3.34. The summed E-state index contributed by atoms with van der Waals surface area (Å²) in [6, 6.07) is 7.52. The molecule has 0 aliphatic carbocycles. The lowest BCUT2D eigenvalue weighted by atomic mass is 10.0. The minimum absolute atomic E-state index is 0.191. The van der Waals surface area contributed by atoms with Gasteiger partial charge in [0.25, 0.3) is 0 Å². The number of carboxylic acids is 1. The zero-order valence-electron chi connectivity index (χ0n) is 8.83. The summed E-state index contributed by atoms with van der Waals surface area (Å²) in [7, 11) is 0. The molecule has 0 spiro atoms. The molecular weight excluding hydrogens is 324 g/mol. The Morgan fingerprint density at radius 2 is 1.94 bits per heavy atom. The molecule has 1 N–H and O–H groups in total. The van der Waals surface area contributed by atoms with Gasteiger partial charge < -0.3 is 5.11 Å². The number of carbonyl (C=O) groups is 1. The zero-order valence-corrected chi connectivity index (χ0v) is 12.0. The van der Waals surface area contributed by atoms with E-state index in [2.05, 4.69) is 15.9 Å². The average molecular weight is 332 g/mol. The van der Waals surface area contributed by atoms with Gasteiger partial charge in [-0.2, -0.15) is 0 Å². The third-order valence-electron chi connectivity index (χ3n) is 2.39. The molecule has 1 heterocycles. The maximum absolute atomic E-state index is 11.2. The third-order valence-corrected chi connectivity index (χ3v) is 4.23. The molecule has 1 aromatic carbocycles. The minimum Gasteiger partial charge on any atom is -0.478 e. The first-order valence-corrected chi connectivity index (χ1v) is 6.77. The maximum atomic E-state index is 11.2. The number of hydrogen-bond donors (Lipinski definition) is 1. The molecule has 0 aliphatic heterocycles. The molecule has 0 saturated heterocycles. The van der Waals surface area contributed by atoms with Crippen molar-refractivity contribution in [2.45, 2.75) is 6.92 Å². The lowest BCUT2D eigenvalue weighted by molar-refractivity contribution is 0.0698. The minimum atomic E-state index is -0.989. The number of aromatic carboxylic acids is 1. The van der Waals surface area contributed by atoms with Gasteiger partial charge in [-0.25, -0.2) is 4.79 Å². The standard InChI is InChI=1S/C12H8BrClO2S/c1-6-9(7-2-4-8(13)5-3-7)10(12(15)16)11(14)17-6/h2-5H,1H3,(H,15,16). The summed E-state index contributed by atoms with van der Waals surface area (Å²) in [5.74, 6) is -0.989. The highest BCUT2D eigenvalue weighted by Gasteiger charge is 2.21. The van der Waals surface area contributed by atoms with Crippen LogP contribution in [0.2, 0.25) is 4.34 Å². The van der Waals surface area contributed by atoms with Crippen LogP contribution in [0, 0.1) is 6.92 Å². The Balaban J connectivity index is 2.66. The molecule has 5 heteroatoms. The largest absolute Gasteiger partial charge is 0.478 e. The summed E-state index contributed by atoms with van der Waals surface area (Å²) in [6.45, 7) is 1.88. The predicted octanol–water partition coefficient (Wildman–Crippen LogP) is 4.84. The summed E-state index contributed by atoms with van der Waals surface area (Å²) in [5, 5.41) is 9.19. The molecule has 0 fully saturated rings. The van der Waals surface area contributed by atoms with E-state index in [0.717, 1.165) is 14.9 Å². The fraction of sp³-hybridized carbons (Fsp3) is 0.0833. The van der Waals surface area contributed by atoms with Crippen LogP contribution in [-0.4, -0.2) is 11.1 Å². The highest BCUT2D eigenvalue weighted by atomic mass is 79.9. The van der Waals surface area contributed by atoms with E-state index in [-0.39, 0.29) is 5.56 Å². The molecule has 0 atom stereocenters. The van der Waals surface area contributed by atoms with E-state index < -0.39 is 5.97 Å². The molecule has 17 heavy (non-hydrogen) atoms. The Bertz CT molecular complexity index is 575. The van der Waals surface area contributed by atoms with E-state index in [4.69, 9.17) is 11.6 Å². The van der Waals surface area contributed by atoms with Crippen molar-refractivity contribution in [1.29, 1.82) is 0 Å². The number of benzene rings is 1. The highest BCUT2D eigenvalue weighted by molar-refractivity contribution is 9.10. The van der Waals surface area contributed by atoms with Gasteiger partial charge in [-0.3, -0.25) is 0 Å². The van der Waals surface area contributed by atoms with Crippen LogP contribution in [0.4, 0.5) is 0 Å². The van der Waals surface area contributed by atoms with Gasteiger partial charge >= 0.3 is 5.97 Å². The second-order valence-corrected chi connectivity index (χ2v) is 6.24. The smallest absolute Gasteiger partial charge is 0.338 e. The Labute approximate surface area is 116 Å². The van der Waals surface area contributed by atoms with Gasteiger partial charge in [0.1, 0.15) is 4.34 Å². The van der Waals surface area contributed by atoms with Crippen molar-refractivity contribution in [2.24, 2.45) is 0 Å². The SMILES string of the molecule is Cc1sc(Cl)c(C(=O)O)c1-c1ccc(Br)cc1. The molecule has 1 aromatic heterocycles. The van der Waals surface area contributed by atoms with Crippen molar-refractivity contribution < 1.29 is 9.90 Å². The first kappa shape index (κ1) is 12.6. The number of hydrogen-bond acceptors (Lipinski definition) is 2. The van der Waals surface area contributed by atoms with E-state index in [1.807, 2.05) is 31.2 Å². The molecule has 88 valence electrons. The van der Waals surface area contributed by atoms with Gasteiger partial charge in [-0.15, -0.1) is 11.3 Å². The van der Waals surface area contributed by atoms with Crippen LogP contribution >= 0.6 is 38.9 Å². The molecule has 0 bridgehead atoms. The van der Waals surface area contributed by atoms with Crippen LogP contribution in [0.25, 0.3) is 11.1 Å². The van der Waals surface area contributed by atoms with E-state index in [9.17, 15) is 9.90 Å². The number of halogens is 2. The number of rotatable bonds is 2. The number of carboxylic acid groups (broad SMARTS) is 1. The molecule has 0 radical (unpaired) electrons. The van der Waals surface area contributed by atoms with Gasteiger partial charge in [-0.05, 0) is 24.6 Å². The van der Waals surface area contributed by atoms with E-state index in [1.165, 1.54) is 11.3 Å². The second-order valence-electron chi connectivity index (χ2n) is 3.49. The van der Waals surface area contributed by atoms with Crippen molar-refractivity contribution in [2.75, 3.05) is 0 Å². The number of thiophene rings is 1. The van der Waals surface area contributed by atoms with Crippen LogP contribution in [0.5, 0.6) is 0 Å². The first-order valence-electron chi connectivity index (χ1n) is 4.79. The molecule has 2 nitrogen and oxygen atoms in total. The molecule has 0 amide bonds. The summed E-state index contributed by atoms with van der Waals surface area (Å²) >= 11 is 10.6. The molecule has 0 unspecified atom stereocenters. The lowest BCUT2D eigenvalue weighted by Crippen LogP contribution is -1.97. The van der Waals surface area contributed by atoms with Crippen LogP contribution < -0.4 is 0 Å². The van der Waals surface area contributed by atoms with Crippen molar-refractivity contribution in [3.05, 3.63) is 43.5 Å². The summed E-state index contributed by atoms with van der Waals surface area (Å²) in [6.07, 6.45) is 0. The van der Waals surface area contributed by atoms with Crippen molar-refractivity contribution in [3.8, 4) is 11.1 Å². The van der Waals surface area contributed by atoms with E-state index in [0.29, 0.717) is 9.90 Å². The topological polar surface area (TPSA) is 37.3 Å². The molecule has 2 rings (SSSR count). The van der Waals surface area contributed by atoms with E-state index >= 15 is 0 Å². The van der Waals surface area contributed by atoms with Gasteiger partial charge in [0, 0.05) is 14.9 Å². The quantitative estimate of drug-likeness (QED) is 0.855. The summed E-state index contributed by atoms with van der Waals surface area (Å²) in [4.78, 5) is 12.1. The van der Waals surface area contributed by atoms with Gasteiger partial charge in [0.15, 0.2) is 0 Å². The number of aryl methyl sites for hydroxylation is 1. The van der Waals surface area contributed by atoms with Crippen LogP contribution in [0.1, 0.15) is 15.2 Å². The average Bonchev–Trinajstić information content (AvgIpc) is 2.55. The van der Waals surface area contributed by atoms with Crippen LogP contribution in [-0.2, 0) is 0 Å². The van der Waals surface area contributed by atoms with Gasteiger partial charge in [0.05, 0.1) is 5.56 Å². The van der Waals surface area contributed by atoms with Crippen LogP contribution in [0.3, 0.4) is 0 Å². The lowest BCUT2D eigenvalue weighted by Gasteiger charge is -2.03. The van der Waals surface area contributed by atoms with Crippen molar-refractivity contribution in [1.82, 2.24) is 0 Å². The zero-order chi connectivity index (χ0) is 12.6. The third kappa shape index (κ3) is 2.39. The van der Waals surface area contributed by atoms with Crippen molar-refractivity contribution >= 4 is 44.8 Å². The predicted molar refractivity (Wildman–Crippen MR) is 74.2 cm³/mol. The Hall–Kier alpha value is -0.840.